The van der Waals surface area contributed by atoms with Gasteiger partial charge in [-0.3, -0.25) is 4.79 Å². The van der Waals surface area contributed by atoms with Crippen LogP contribution in [0.3, 0.4) is 0 Å². The highest BCUT2D eigenvalue weighted by molar-refractivity contribution is 7.89. The number of sulfonamides is 1. The molecule has 156 valence electrons. The lowest BCUT2D eigenvalue weighted by Crippen LogP contribution is -2.36. The Kier molecular flexibility index (Phi) is 6.75. The monoisotopic (exact) mass is 414 g/mol. The predicted molar refractivity (Wildman–Crippen MR) is 115 cm³/mol. The molecule has 1 aliphatic rings. The summed E-state index contributed by atoms with van der Waals surface area (Å²) >= 11 is 0. The number of benzene rings is 2. The summed E-state index contributed by atoms with van der Waals surface area (Å²) in [5, 5.41) is 3.03. The van der Waals surface area contributed by atoms with Gasteiger partial charge in [-0.15, -0.1) is 0 Å². The number of amides is 1. The summed E-state index contributed by atoms with van der Waals surface area (Å²) in [4.78, 5) is 13.3. The highest BCUT2D eigenvalue weighted by Crippen LogP contribution is 2.37. The zero-order valence-corrected chi connectivity index (χ0v) is 18.2. The number of rotatable bonds is 7. The van der Waals surface area contributed by atoms with Crippen LogP contribution in [0, 0.1) is 18.8 Å². The van der Waals surface area contributed by atoms with E-state index in [2.05, 4.69) is 19.2 Å². The first-order chi connectivity index (χ1) is 13.8. The maximum Gasteiger partial charge on any atom is 0.243 e. The van der Waals surface area contributed by atoms with Crippen LogP contribution in [0.1, 0.15) is 37.3 Å². The molecule has 6 heteroatoms. The summed E-state index contributed by atoms with van der Waals surface area (Å²) in [7, 11) is -3.64. The van der Waals surface area contributed by atoms with Crippen molar-refractivity contribution >= 4 is 15.9 Å². The van der Waals surface area contributed by atoms with E-state index in [9.17, 15) is 13.2 Å². The van der Waals surface area contributed by atoms with Gasteiger partial charge < -0.3 is 5.32 Å². The van der Waals surface area contributed by atoms with Gasteiger partial charge in [0.05, 0.1) is 10.8 Å². The van der Waals surface area contributed by atoms with Crippen molar-refractivity contribution in [1.82, 2.24) is 9.62 Å². The molecule has 0 saturated carbocycles. The van der Waals surface area contributed by atoms with E-state index >= 15 is 0 Å². The standard InChI is InChI=1S/C23H30N2O3S/c1-17(2)13-14-24-23(26)22-16-25(29(27,28)19-10-5-4-6-11-19)15-21(22)20-12-8-7-9-18(20)3/h4-12,17,21-22H,13-16H2,1-3H3,(H,24,26)/t21-,22-/m1/s1. The third kappa shape index (κ3) is 4.87. The first-order valence-corrected chi connectivity index (χ1v) is 11.6. The molecule has 1 aliphatic heterocycles. The van der Waals surface area contributed by atoms with Crippen LogP contribution in [-0.2, 0) is 14.8 Å². The van der Waals surface area contributed by atoms with Crippen molar-refractivity contribution in [3.05, 3.63) is 65.7 Å². The van der Waals surface area contributed by atoms with Gasteiger partial charge in [-0.25, -0.2) is 8.42 Å². The number of carbonyl (C=O) groups excluding carboxylic acids is 1. The smallest absolute Gasteiger partial charge is 0.243 e. The Balaban J connectivity index is 1.88. The van der Waals surface area contributed by atoms with Crippen LogP contribution in [-0.4, -0.2) is 38.3 Å². The fourth-order valence-electron chi connectivity index (χ4n) is 3.90. The van der Waals surface area contributed by atoms with Crippen molar-refractivity contribution in [3.63, 3.8) is 0 Å². The van der Waals surface area contributed by atoms with Crippen molar-refractivity contribution < 1.29 is 13.2 Å². The van der Waals surface area contributed by atoms with Crippen molar-refractivity contribution in [3.8, 4) is 0 Å². The Labute approximate surface area is 174 Å². The number of hydrogen-bond acceptors (Lipinski definition) is 3. The summed E-state index contributed by atoms with van der Waals surface area (Å²) in [6, 6.07) is 16.4. The predicted octanol–water partition coefficient (Wildman–Crippen LogP) is 3.56. The summed E-state index contributed by atoms with van der Waals surface area (Å²) in [6.07, 6.45) is 0.902. The molecule has 29 heavy (non-hydrogen) atoms. The highest BCUT2D eigenvalue weighted by Gasteiger charge is 2.43. The lowest BCUT2D eigenvalue weighted by molar-refractivity contribution is -0.124. The fraction of sp³-hybridized carbons (Fsp3) is 0.435. The Bertz CT molecular complexity index is 942. The molecule has 0 aromatic heterocycles. The van der Waals surface area contributed by atoms with Gasteiger partial charge in [0.25, 0.3) is 0 Å². The number of hydrogen-bond donors (Lipinski definition) is 1. The van der Waals surface area contributed by atoms with E-state index in [1.165, 1.54) is 4.31 Å². The van der Waals surface area contributed by atoms with E-state index in [4.69, 9.17) is 0 Å². The van der Waals surface area contributed by atoms with E-state index in [1.54, 1.807) is 30.3 Å². The van der Waals surface area contributed by atoms with Crippen molar-refractivity contribution in [1.29, 1.82) is 0 Å². The van der Waals surface area contributed by atoms with Gasteiger partial charge in [-0.05, 0) is 42.5 Å². The molecule has 5 nitrogen and oxygen atoms in total. The second-order valence-corrected chi connectivity index (χ2v) is 10.1. The number of aryl methyl sites for hydroxylation is 1. The van der Waals surface area contributed by atoms with Crippen LogP contribution in [0.5, 0.6) is 0 Å². The lowest BCUT2D eigenvalue weighted by Gasteiger charge is -2.20. The molecule has 1 heterocycles. The molecule has 3 rings (SSSR count). The maximum absolute atomic E-state index is 13.2. The molecule has 1 saturated heterocycles. The zero-order chi connectivity index (χ0) is 21.0. The molecule has 0 aliphatic carbocycles. The SMILES string of the molecule is Cc1ccccc1[C@H]1CN(S(=O)(=O)c2ccccc2)C[C@H]1C(=O)NCCC(C)C. The average Bonchev–Trinajstić information content (AvgIpc) is 3.15. The summed E-state index contributed by atoms with van der Waals surface area (Å²) < 4.78 is 27.8. The molecular formula is C23H30N2O3S. The topological polar surface area (TPSA) is 66.5 Å². The number of carbonyl (C=O) groups is 1. The maximum atomic E-state index is 13.2. The van der Waals surface area contributed by atoms with Gasteiger partial charge in [-0.1, -0.05) is 56.3 Å². The third-order valence-electron chi connectivity index (χ3n) is 5.61. The molecule has 2 aromatic rings. The zero-order valence-electron chi connectivity index (χ0n) is 17.3. The van der Waals surface area contributed by atoms with Crippen molar-refractivity contribution in [2.24, 2.45) is 11.8 Å². The molecule has 2 atom stereocenters. The number of nitrogens with one attached hydrogen (secondary N) is 1. The minimum atomic E-state index is -3.64. The van der Waals surface area contributed by atoms with Crippen LogP contribution in [0.2, 0.25) is 0 Å². The van der Waals surface area contributed by atoms with E-state index in [0.717, 1.165) is 17.5 Å². The molecule has 0 bridgehead atoms. The fourth-order valence-corrected chi connectivity index (χ4v) is 5.42. The first-order valence-electron chi connectivity index (χ1n) is 10.2. The van der Waals surface area contributed by atoms with Crippen LogP contribution < -0.4 is 5.32 Å². The average molecular weight is 415 g/mol. The largest absolute Gasteiger partial charge is 0.356 e. The van der Waals surface area contributed by atoms with Crippen molar-refractivity contribution in [2.45, 2.75) is 38.0 Å². The molecule has 0 unspecified atom stereocenters. The van der Waals surface area contributed by atoms with E-state index < -0.39 is 15.9 Å². The Hall–Kier alpha value is -2.18. The summed E-state index contributed by atoms with van der Waals surface area (Å²) in [5.74, 6) is -0.124. The number of nitrogens with zero attached hydrogens (tertiary/aromatic N) is 1. The molecule has 2 aromatic carbocycles. The van der Waals surface area contributed by atoms with Crippen LogP contribution >= 0.6 is 0 Å². The second-order valence-electron chi connectivity index (χ2n) is 8.18. The normalized spacial score (nSPS) is 20.1. The Morgan fingerprint density at radius 1 is 1.07 bits per heavy atom. The van der Waals surface area contributed by atoms with Gasteiger partial charge in [0.1, 0.15) is 0 Å². The molecule has 1 fully saturated rings. The molecule has 1 N–H and O–H groups in total. The van der Waals surface area contributed by atoms with Gasteiger partial charge in [0.2, 0.25) is 15.9 Å². The lowest BCUT2D eigenvalue weighted by atomic mass is 9.86. The van der Waals surface area contributed by atoms with Gasteiger partial charge in [-0.2, -0.15) is 4.31 Å². The van der Waals surface area contributed by atoms with E-state index in [0.29, 0.717) is 19.0 Å². The van der Waals surface area contributed by atoms with Gasteiger partial charge in [0.15, 0.2) is 0 Å². The van der Waals surface area contributed by atoms with Crippen LogP contribution in [0.15, 0.2) is 59.5 Å². The van der Waals surface area contributed by atoms with Gasteiger partial charge >= 0.3 is 0 Å². The van der Waals surface area contributed by atoms with E-state index in [1.807, 2.05) is 31.2 Å². The van der Waals surface area contributed by atoms with E-state index in [-0.39, 0.29) is 23.3 Å². The summed E-state index contributed by atoms with van der Waals surface area (Å²) in [5.41, 5.74) is 2.12. The first kappa shape index (κ1) is 21.5. The van der Waals surface area contributed by atoms with Crippen molar-refractivity contribution in [2.75, 3.05) is 19.6 Å². The molecular weight excluding hydrogens is 384 g/mol. The minimum Gasteiger partial charge on any atom is -0.356 e. The Morgan fingerprint density at radius 2 is 1.72 bits per heavy atom. The van der Waals surface area contributed by atoms with Crippen LogP contribution in [0.4, 0.5) is 0 Å². The second kappa shape index (κ2) is 9.09. The third-order valence-corrected chi connectivity index (χ3v) is 7.46. The highest BCUT2D eigenvalue weighted by atomic mass is 32.2. The Morgan fingerprint density at radius 3 is 2.38 bits per heavy atom. The quantitative estimate of drug-likeness (QED) is 0.753. The molecule has 1 amide bonds. The van der Waals surface area contributed by atoms with Crippen LogP contribution in [0.25, 0.3) is 0 Å². The molecule has 0 radical (unpaired) electrons. The van der Waals surface area contributed by atoms with Gasteiger partial charge in [0, 0.05) is 25.6 Å². The molecule has 0 spiro atoms. The summed E-state index contributed by atoms with van der Waals surface area (Å²) in [6.45, 7) is 7.36. The minimum absolute atomic E-state index is 0.0651.